The van der Waals surface area contributed by atoms with Crippen molar-refractivity contribution in [2.45, 2.75) is 0 Å². The van der Waals surface area contributed by atoms with E-state index in [0.29, 0.717) is 0 Å². The number of piperazine rings is 1. The molecular formula is C13H17BrN4. The number of benzene rings is 1. The van der Waals surface area contributed by atoms with Gasteiger partial charge in [0.15, 0.2) is 5.82 Å². The number of nitrogens with zero attached hydrogens (tertiary/aromatic N) is 4. The van der Waals surface area contributed by atoms with Crippen molar-refractivity contribution in [1.82, 2.24) is 14.7 Å². The normalized spacial score (nSPS) is 17.6. The molecule has 0 aliphatic carbocycles. The van der Waals surface area contributed by atoms with Gasteiger partial charge in [-0.05, 0) is 25.2 Å². The molecule has 1 aliphatic heterocycles. The van der Waals surface area contributed by atoms with Gasteiger partial charge in [-0.3, -0.25) is 4.68 Å². The van der Waals surface area contributed by atoms with Crippen molar-refractivity contribution in [2.75, 3.05) is 38.1 Å². The summed E-state index contributed by atoms with van der Waals surface area (Å²) in [7, 11) is 4.18. The van der Waals surface area contributed by atoms with Crippen LogP contribution in [0.5, 0.6) is 0 Å². The number of hydrogen-bond acceptors (Lipinski definition) is 3. The molecule has 1 fully saturated rings. The summed E-state index contributed by atoms with van der Waals surface area (Å²) in [6, 6.07) is 6.37. The number of rotatable bonds is 1. The molecule has 1 aromatic heterocycles. The fourth-order valence-electron chi connectivity index (χ4n) is 2.46. The van der Waals surface area contributed by atoms with Crippen LogP contribution in [0.15, 0.2) is 22.7 Å². The molecule has 18 heavy (non-hydrogen) atoms. The fourth-order valence-corrected chi connectivity index (χ4v) is 2.81. The molecule has 0 saturated carbocycles. The summed E-state index contributed by atoms with van der Waals surface area (Å²) in [5.74, 6) is 1.12. The summed E-state index contributed by atoms with van der Waals surface area (Å²) in [5, 5.41) is 5.92. The summed E-state index contributed by atoms with van der Waals surface area (Å²) >= 11 is 3.52. The summed E-state index contributed by atoms with van der Waals surface area (Å²) in [6.07, 6.45) is 0. The van der Waals surface area contributed by atoms with Crippen molar-refractivity contribution in [3.63, 3.8) is 0 Å². The standard InChI is InChI=1S/C13H17BrN4/c1-16-5-7-18(8-6-16)13-11-4-3-10(14)9-12(11)17(2)15-13/h3-4,9H,5-8H2,1-2H3. The lowest BCUT2D eigenvalue weighted by atomic mass is 10.2. The van der Waals surface area contributed by atoms with Crippen LogP contribution in [0.25, 0.3) is 10.9 Å². The minimum absolute atomic E-state index is 1.05. The van der Waals surface area contributed by atoms with Gasteiger partial charge in [-0.15, -0.1) is 0 Å². The predicted octanol–water partition coefficient (Wildman–Crippen LogP) is 2.09. The highest BCUT2D eigenvalue weighted by Crippen LogP contribution is 2.28. The first-order valence-corrected chi connectivity index (χ1v) is 7.00. The van der Waals surface area contributed by atoms with Gasteiger partial charge in [0.25, 0.3) is 0 Å². The molecule has 2 aromatic rings. The number of halogens is 1. The molecule has 4 nitrogen and oxygen atoms in total. The van der Waals surface area contributed by atoms with Gasteiger partial charge in [0, 0.05) is 43.1 Å². The monoisotopic (exact) mass is 308 g/mol. The maximum atomic E-state index is 4.68. The quantitative estimate of drug-likeness (QED) is 0.806. The SMILES string of the molecule is CN1CCN(c2nn(C)c3cc(Br)ccc23)CC1. The third kappa shape index (κ3) is 2.01. The maximum absolute atomic E-state index is 4.68. The number of aromatic nitrogens is 2. The Labute approximate surface area is 115 Å². The zero-order valence-electron chi connectivity index (χ0n) is 10.7. The van der Waals surface area contributed by atoms with Crippen molar-refractivity contribution < 1.29 is 0 Å². The van der Waals surface area contributed by atoms with E-state index in [1.165, 1.54) is 10.9 Å². The summed E-state index contributed by atoms with van der Waals surface area (Å²) < 4.78 is 3.07. The average Bonchev–Trinajstić information content (AvgIpc) is 2.68. The van der Waals surface area contributed by atoms with Crippen LogP contribution >= 0.6 is 15.9 Å². The zero-order chi connectivity index (χ0) is 12.7. The Morgan fingerprint density at radius 1 is 1.11 bits per heavy atom. The third-order valence-electron chi connectivity index (χ3n) is 3.60. The van der Waals surface area contributed by atoms with E-state index in [-0.39, 0.29) is 0 Å². The van der Waals surface area contributed by atoms with E-state index in [1.54, 1.807) is 0 Å². The Morgan fingerprint density at radius 3 is 2.56 bits per heavy atom. The van der Waals surface area contributed by atoms with Crippen LogP contribution in [0.4, 0.5) is 5.82 Å². The maximum Gasteiger partial charge on any atom is 0.158 e. The first-order chi connectivity index (χ1) is 8.65. The molecule has 0 radical (unpaired) electrons. The van der Waals surface area contributed by atoms with Crippen LogP contribution in [-0.4, -0.2) is 47.9 Å². The van der Waals surface area contributed by atoms with Gasteiger partial charge in [-0.25, -0.2) is 0 Å². The van der Waals surface area contributed by atoms with Gasteiger partial charge in [-0.2, -0.15) is 5.10 Å². The largest absolute Gasteiger partial charge is 0.352 e. The van der Waals surface area contributed by atoms with E-state index in [4.69, 9.17) is 0 Å². The number of anilines is 1. The van der Waals surface area contributed by atoms with E-state index in [0.717, 1.165) is 36.5 Å². The number of hydrogen-bond donors (Lipinski definition) is 0. The second-order valence-electron chi connectivity index (χ2n) is 4.90. The molecule has 0 bridgehead atoms. The lowest BCUT2D eigenvalue weighted by Crippen LogP contribution is -2.44. The fraction of sp³-hybridized carbons (Fsp3) is 0.462. The molecule has 3 rings (SSSR count). The lowest BCUT2D eigenvalue weighted by molar-refractivity contribution is 0.312. The van der Waals surface area contributed by atoms with E-state index in [9.17, 15) is 0 Å². The first-order valence-electron chi connectivity index (χ1n) is 6.21. The van der Waals surface area contributed by atoms with Crippen LogP contribution in [0.2, 0.25) is 0 Å². The molecule has 0 amide bonds. The zero-order valence-corrected chi connectivity index (χ0v) is 12.3. The molecule has 1 aliphatic rings. The Hall–Kier alpha value is -1.07. The highest BCUT2D eigenvalue weighted by molar-refractivity contribution is 9.10. The van der Waals surface area contributed by atoms with Crippen LogP contribution in [0.3, 0.4) is 0 Å². The first kappa shape index (κ1) is 12.0. The Morgan fingerprint density at radius 2 is 1.83 bits per heavy atom. The van der Waals surface area contributed by atoms with Gasteiger partial charge in [0.2, 0.25) is 0 Å². The Balaban J connectivity index is 2.02. The molecule has 0 N–H and O–H groups in total. The molecular weight excluding hydrogens is 292 g/mol. The van der Waals surface area contributed by atoms with Gasteiger partial charge in [0.05, 0.1) is 5.52 Å². The van der Waals surface area contributed by atoms with Crippen molar-refractivity contribution in [1.29, 1.82) is 0 Å². The molecule has 1 aromatic carbocycles. The molecule has 1 saturated heterocycles. The molecule has 0 spiro atoms. The van der Waals surface area contributed by atoms with Crippen LogP contribution in [0.1, 0.15) is 0 Å². The topological polar surface area (TPSA) is 24.3 Å². The van der Waals surface area contributed by atoms with Crippen LogP contribution in [-0.2, 0) is 7.05 Å². The van der Waals surface area contributed by atoms with Crippen molar-refractivity contribution in [3.8, 4) is 0 Å². The number of aryl methyl sites for hydroxylation is 1. The lowest BCUT2D eigenvalue weighted by Gasteiger charge is -2.32. The van der Waals surface area contributed by atoms with Crippen molar-refractivity contribution in [3.05, 3.63) is 22.7 Å². The van der Waals surface area contributed by atoms with Gasteiger partial charge >= 0.3 is 0 Å². The van der Waals surface area contributed by atoms with Gasteiger partial charge in [-0.1, -0.05) is 15.9 Å². The molecule has 0 atom stereocenters. The Kier molecular flexibility index (Phi) is 3.03. The predicted molar refractivity (Wildman–Crippen MR) is 78.1 cm³/mol. The summed E-state index contributed by atoms with van der Waals surface area (Å²) in [5.41, 5.74) is 1.18. The third-order valence-corrected chi connectivity index (χ3v) is 4.09. The van der Waals surface area contributed by atoms with Crippen molar-refractivity contribution in [2.24, 2.45) is 7.05 Å². The minimum atomic E-state index is 1.05. The number of likely N-dealkylation sites (N-methyl/N-ethyl adjacent to an activating group) is 1. The Bertz CT molecular complexity index is 570. The van der Waals surface area contributed by atoms with Crippen molar-refractivity contribution >= 4 is 32.7 Å². The minimum Gasteiger partial charge on any atom is -0.352 e. The highest BCUT2D eigenvalue weighted by Gasteiger charge is 2.19. The van der Waals surface area contributed by atoms with E-state index in [2.05, 4.69) is 56.1 Å². The highest BCUT2D eigenvalue weighted by atomic mass is 79.9. The smallest absolute Gasteiger partial charge is 0.158 e. The van der Waals surface area contributed by atoms with E-state index in [1.807, 2.05) is 11.7 Å². The van der Waals surface area contributed by atoms with Crippen LogP contribution < -0.4 is 4.90 Å². The second kappa shape index (κ2) is 4.55. The summed E-state index contributed by atoms with van der Waals surface area (Å²) in [4.78, 5) is 4.74. The molecule has 5 heteroatoms. The van der Waals surface area contributed by atoms with E-state index < -0.39 is 0 Å². The van der Waals surface area contributed by atoms with Gasteiger partial charge < -0.3 is 9.80 Å². The molecule has 96 valence electrons. The van der Waals surface area contributed by atoms with E-state index >= 15 is 0 Å². The second-order valence-corrected chi connectivity index (χ2v) is 5.81. The van der Waals surface area contributed by atoms with Gasteiger partial charge in [0.1, 0.15) is 0 Å². The molecule has 0 unspecified atom stereocenters. The van der Waals surface area contributed by atoms with Crippen LogP contribution in [0, 0.1) is 0 Å². The number of fused-ring (bicyclic) bond motifs is 1. The summed E-state index contributed by atoms with van der Waals surface area (Å²) in [6.45, 7) is 4.32. The average molecular weight is 309 g/mol. The molecule has 2 heterocycles.